The van der Waals surface area contributed by atoms with Gasteiger partial charge in [-0.3, -0.25) is 10.1 Å². The van der Waals surface area contributed by atoms with Crippen LogP contribution in [-0.2, 0) is 13.0 Å². The Morgan fingerprint density at radius 1 is 1.21 bits per heavy atom. The molecule has 172 valence electrons. The first-order chi connectivity index (χ1) is 16.4. The van der Waals surface area contributed by atoms with Gasteiger partial charge in [-0.15, -0.1) is 0 Å². The molecule has 0 spiro atoms. The minimum absolute atomic E-state index is 0.127. The van der Waals surface area contributed by atoms with Crippen LogP contribution in [0.3, 0.4) is 0 Å². The number of nitrogens with zero attached hydrogens (tertiary/aromatic N) is 4. The van der Waals surface area contributed by atoms with Crippen LogP contribution in [0.5, 0.6) is 0 Å². The maximum absolute atomic E-state index is 14.4. The highest BCUT2D eigenvalue weighted by molar-refractivity contribution is 5.97. The smallest absolute Gasteiger partial charge is 0.306 e. The molecule has 34 heavy (non-hydrogen) atoms. The molecule has 2 atom stereocenters. The second-order valence-corrected chi connectivity index (χ2v) is 9.10. The SMILES string of the molecule is CC1CC1c1cc(F)c([N+](=O)[O-])cc1Nc1nccc(-c2c3n(c4ccc(F)cc24)CCC3)n1. The quantitative estimate of drug-likeness (QED) is 0.287. The maximum Gasteiger partial charge on any atom is 0.306 e. The first-order valence-electron chi connectivity index (χ1n) is 11.3. The van der Waals surface area contributed by atoms with Crippen LogP contribution in [0.4, 0.5) is 26.1 Å². The number of hydrogen-bond acceptors (Lipinski definition) is 5. The van der Waals surface area contributed by atoms with Crippen molar-refractivity contribution in [1.82, 2.24) is 14.5 Å². The Balaban J connectivity index is 1.44. The monoisotopic (exact) mass is 461 g/mol. The number of benzene rings is 2. The van der Waals surface area contributed by atoms with E-state index in [2.05, 4.69) is 26.8 Å². The topological polar surface area (TPSA) is 85.9 Å². The maximum atomic E-state index is 14.4. The Labute approximate surface area is 193 Å². The number of halogens is 2. The molecule has 0 radical (unpaired) electrons. The first kappa shape index (κ1) is 20.7. The number of fused-ring (bicyclic) bond motifs is 3. The Morgan fingerprint density at radius 2 is 2.03 bits per heavy atom. The van der Waals surface area contributed by atoms with E-state index in [-0.39, 0.29) is 17.7 Å². The Morgan fingerprint density at radius 3 is 2.79 bits per heavy atom. The molecule has 0 saturated heterocycles. The molecule has 4 aromatic rings. The molecule has 0 amide bonds. The molecule has 1 aliphatic carbocycles. The molecule has 2 aliphatic rings. The van der Waals surface area contributed by atoms with Crippen molar-refractivity contribution in [3.05, 3.63) is 75.6 Å². The van der Waals surface area contributed by atoms with Gasteiger partial charge in [0.25, 0.3) is 0 Å². The summed E-state index contributed by atoms with van der Waals surface area (Å²) in [6.07, 6.45) is 4.37. The number of rotatable bonds is 5. The third-order valence-electron chi connectivity index (χ3n) is 6.91. The number of nitro benzene ring substituents is 1. The molecule has 2 unspecified atom stereocenters. The summed E-state index contributed by atoms with van der Waals surface area (Å²) >= 11 is 0. The van der Waals surface area contributed by atoms with Gasteiger partial charge >= 0.3 is 5.69 Å². The minimum atomic E-state index is -0.850. The van der Waals surface area contributed by atoms with Crippen LogP contribution in [-0.4, -0.2) is 19.5 Å². The second-order valence-electron chi connectivity index (χ2n) is 9.10. The lowest BCUT2D eigenvalue weighted by atomic mass is 10.0. The summed E-state index contributed by atoms with van der Waals surface area (Å²) in [5.41, 5.74) is 4.11. The third kappa shape index (κ3) is 3.30. The molecule has 0 bridgehead atoms. The van der Waals surface area contributed by atoms with Crippen molar-refractivity contribution >= 4 is 28.2 Å². The third-order valence-corrected chi connectivity index (χ3v) is 6.91. The fraction of sp³-hybridized carbons (Fsp3) is 0.280. The summed E-state index contributed by atoms with van der Waals surface area (Å²) in [5, 5.41) is 15.2. The van der Waals surface area contributed by atoms with Crippen molar-refractivity contribution < 1.29 is 13.7 Å². The Kier molecular flexibility index (Phi) is 4.62. The molecular weight excluding hydrogens is 440 g/mol. The van der Waals surface area contributed by atoms with Gasteiger partial charge in [0.15, 0.2) is 0 Å². The molecular formula is C25H21F2N5O2. The van der Waals surface area contributed by atoms with Crippen LogP contribution in [0.15, 0.2) is 42.6 Å². The van der Waals surface area contributed by atoms with Gasteiger partial charge in [0, 0.05) is 41.0 Å². The standard InChI is InChI=1S/C25H21F2N5O2/c1-13-9-15(13)16-11-18(27)23(32(33)34)12-20(16)30-25-28-7-6-19(29-25)24-17-10-14(26)4-5-21(17)31-8-2-3-22(24)31/h4-7,10-13,15H,2-3,8-9H2,1H3,(H,28,29,30). The highest BCUT2D eigenvalue weighted by Gasteiger charge is 2.37. The van der Waals surface area contributed by atoms with Gasteiger partial charge in [-0.2, -0.15) is 4.39 Å². The second kappa shape index (κ2) is 7.58. The van der Waals surface area contributed by atoms with E-state index in [1.54, 1.807) is 18.3 Å². The lowest BCUT2D eigenvalue weighted by Crippen LogP contribution is -2.04. The van der Waals surface area contributed by atoms with Gasteiger partial charge < -0.3 is 9.88 Å². The number of nitro groups is 1. The molecule has 1 fully saturated rings. The van der Waals surface area contributed by atoms with E-state index in [0.29, 0.717) is 22.9 Å². The lowest BCUT2D eigenvalue weighted by molar-refractivity contribution is -0.387. The van der Waals surface area contributed by atoms with E-state index in [1.807, 2.05) is 0 Å². The van der Waals surface area contributed by atoms with Gasteiger partial charge in [0.1, 0.15) is 5.82 Å². The van der Waals surface area contributed by atoms with E-state index >= 15 is 0 Å². The van der Waals surface area contributed by atoms with Crippen LogP contribution < -0.4 is 5.32 Å². The van der Waals surface area contributed by atoms with Crippen molar-refractivity contribution in [3.8, 4) is 11.3 Å². The zero-order chi connectivity index (χ0) is 23.6. The van der Waals surface area contributed by atoms with Crippen molar-refractivity contribution in [2.24, 2.45) is 5.92 Å². The zero-order valence-corrected chi connectivity index (χ0v) is 18.4. The first-order valence-corrected chi connectivity index (χ1v) is 11.3. The highest BCUT2D eigenvalue weighted by atomic mass is 19.1. The lowest BCUT2D eigenvalue weighted by Gasteiger charge is -2.12. The molecule has 9 heteroatoms. The number of aryl methyl sites for hydroxylation is 1. The van der Waals surface area contributed by atoms with E-state index in [4.69, 9.17) is 0 Å². The molecule has 2 aromatic heterocycles. The fourth-order valence-electron chi connectivity index (χ4n) is 5.15. The number of aromatic nitrogens is 3. The summed E-state index contributed by atoms with van der Waals surface area (Å²) in [4.78, 5) is 19.6. The molecule has 7 nitrogen and oxygen atoms in total. The Hall–Kier alpha value is -3.88. The normalized spacial score (nSPS) is 18.8. The predicted octanol–water partition coefficient (Wildman–Crippen LogP) is 6.10. The molecule has 1 saturated carbocycles. The average Bonchev–Trinajstić information content (AvgIpc) is 3.21. The molecule has 6 rings (SSSR count). The summed E-state index contributed by atoms with van der Waals surface area (Å²) in [5.74, 6) is -0.415. The van der Waals surface area contributed by atoms with E-state index < -0.39 is 16.4 Å². The van der Waals surface area contributed by atoms with Gasteiger partial charge in [0.05, 0.1) is 16.3 Å². The Bertz CT molecular complexity index is 1480. The number of nitrogens with one attached hydrogen (secondary N) is 1. The van der Waals surface area contributed by atoms with E-state index in [1.165, 1.54) is 24.3 Å². The fourth-order valence-corrected chi connectivity index (χ4v) is 5.15. The molecule has 2 aromatic carbocycles. The largest absolute Gasteiger partial charge is 0.344 e. The summed E-state index contributed by atoms with van der Waals surface area (Å²) < 4.78 is 30.7. The minimum Gasteiger partial charge on any atom is -0.344 e. The van der Waals surface area contributed by atoms with Crippen LogP contribution in [0.1, 0.15) is 36.9 Å². The van der Waals surface area contributed by atoms with Crippen molar-refractivity contribution in [3.63, 3.8) is 0 Å². The van der Waals surface area contributed by atoms with Crippen molar-refractivity contribution in [2.45, 2.75) is 38.6 Å². The summed E-state index contributed by atoms with van der Waals surface area (Å²) in [6.45, 7) is 2.93. The van der Waals surface area contributed by atoms with Gasteiger partial charge in [-0.1, -0.05) is 6.92 Å². The van der Waals surface area contributed by atoms with Crippen LogP contribution >= 0.6 is 0 Å². The van der Waals surface area contributed by atoms with Gasteiger partial charge in [-0.05, 0) is 67.0 Å². The van der Waals surface area contributed by atoms with Gasteiger partial charge in [0.2, 0.25) is 11.8 Å². The van der Waals surface area contributed by atoms with Gasteiger partial charge in [-0.25, -0.2) is 14.4 Å². The van der Waals surface area contributed by atoms with Crippen molar-refractivity contribution in [2.75, 3.05) is 5.32 Å². The van der Waals surface area contributed by atoms with E-state index in [9.17, 15) is 18.9 Å². The molecule has 1 N–H and O–H groups in total. The number of anilines is 2. The van der Waals surface area contributed by atoms with Crippen molar-refractivity contribution in [1.29, 1.82) is 0 Å². The van der Waals surface area contributed by atoms with E-state index in [0.717, 1.165) is 48.0 Å². The number of hydrogen-bond donors (Lipinski definition) is 1. The highest BCUT2D eigenvalue weighted by Crippen LogP contribution is 2.50. The molecule has 3 heterocycles. The summed E-state index contributed by atoms with van der Waals surface area (Å²) in [7, 11) is 0. The molecule has 1 aliphatic heterocycles. The summed E-state index contributed by atoms with van der Waals surface area (Å²) in [6, 6.07) is 9.03. The van der Waals surface area contributed by atoms with Crippen LogP contribution in [0, 0.1) is 27.7 Å². The van der Waals surface area contributed by atoms with Crippen LogP contribution in [0.2, 0.25) is 0 Å². The van der Waals surface area contributed by atoms with Crippen LogP contribution in [0.25, 0.3) is 22.2 Å². The average molecular weight is 461 g/mol. The zero-order valence-electron chi connectivity index (χ0n) is 18.4. The predicted molar refractivity (Wildman–Crippen MR) is 124 cm³/mol.